The Hall–Kier alpha value is -2.86. The molecular weight excluding hydrogens is 246 g/mol. The number of nitrogens with zero attached hydrogens (tertiary/aromatic N) is 2. The van der Waals surface area contributed by atoms with Crippen molar-refractivity contribution >= 4 is 22.7 Å². The number of H-pyrrole nitrogens is 1. The maximum Gasteiger partial charge on any atom is 0.149 e. The van der Waals surface area contributed by atoms with Gasteiger partial charge in [-0.1, -0.05) is 36.4 Å². The Labute approximate surface area is 117 Å². The van der Waals surface area contributed by atoms with Crippen LogP contribution in [0.15, 0.2) is 48.5 Å². The van der Waals surface area contributed by atoms with Crippen molar-refractivity contribution in [2.75, 3.05) is 0 Å². The molecule has 0 atom stereocenters. The Morgan fingerprint density at radius 2 is 1.90 bits per heavy atom. The quantitative estimate of drug-likeness (QED) is 0.709. The number of aryl methyl sites for hydroxylation is 1. The highest BCUT2D eigenvalue weighted by Gasteiger charge is 2.07. The highest BCUT2D eigenvalue weighted by atomic mass is 14.9. The molecule has 0 fully saturated rings. The summed E-state index contributed by atoms with van der Waals surface area (Å²) in [6, 6.07) is 18.0. The number of aromatic nitrogens is 2. The highest BCUT2D eigenvalue weighted by Crippen LogP contribution is 2.20. The van der Waals surface area contributed by atoms with Gasteiger partial charge in [-0.2, -0.15) is 5.26 Å². The molecule has 0 saturated carbocycles. The van der Waals surface area contributed by atoms with Crippen molar-refractivity contribution in [3.8, 4) is 6.07 Å². The molecule has 0 radical (unpaired) electrons. The van der Waals surface area contributed by atoms with E-state index in [-0.39, 0.29) is 0 Å². The van der Waals surface area contributed by atoms with Crippen molar-refractivity contribution in [1.29, 1.82) is 5.26 Å². The number of aromatic amines is 1. The van der Waals surface area contributed by atoms with Crippen LogP contribution < -0.4 is 0 Å². The minimum atomic E-state index is 0.537. The summed E-state index contributed by atoms with van der Waals surface area (Å²) in [4.78, 5) is 7.65. The van der Waals surface area contributed by atoms with Crippen LogP contribution in [-0.2, 0) is 0 Å². The van der Waals surface area contributed by atoms with E-state index < -0.39 is 0 Å². The van der Waals surface area contributed by atoms with Crippen LogP contribution in [0.3, 0.4) is 0 Å². The number of nitrogens with one attached hydrogen (secondary N) is 1. The van der Waals surface area contributed by atoms with Gasteiger partial charge in [0.05, 0.1) is 16.6 Å². The summed E-state index contributed by atoms with van der Waals surface area (Å²) in [5.74, 6) is 0.608. The van der Waals surface area contributed by atoms with Gasteiger partial charge in [0.1, 0.15) is 11.9 Å². The normalized spacial score (nSPS) is 11.5. The number of nitriles is 1. The average Bonchev–Trinajstić information content (AvgIpc) is 2.90. The van der Waals surface area contributed by atoms with Gasteiger partial charge in [-0.25, -0.2) is 4.98 Å². The number of rotatable bonds is 2. The van der Waals surface area contributed by atoms with Gasteiger partial charge < -0.3 is 4.98 Å². The summed E-state index contributed by atoms with van der Waals surface area (Å²) < 4.78 is 0. The molecule has 0 unspecified atom stereocenters. The van der Waals surface area contributed by atoms with Crippen LogP contribution in [-0.4, -0.2) is 9.97 Å². The lowest BCUT2D eigenvalue weighted by Gasteiger charge is -1.99. The summed E-state index contributed by atoms with van der Waals surface area (Å²) in [5.41, 5.74) is 4.51. The molecule has 0 aliphatic heterocycles. The zero-order chi connectivity index (χ0) is 13.9. The Kier molecular flexibility index (Phi) is 3.06. The first-order valence-corrected chi connectivity index (χ1v) is 6.40. The van der Waals surface area contributed by atoms with Gasteiger partial charge in [-0.05, 0) is 36.3 Å². The fraction of sp³-hybridized carbons (Fsp3) is 0.0588. The number of fused-ring (bicyclic) bond motifs is 1. The van der Waals surface area contributed by atoms with E-state index in [1.165, 1.54) is 0 Å². The fourth-order valence-corrected chi connectivity index (χ4v) is 2.14. The Bertz CT molecular complexity index is 802. The largest absolute Gasteiger partial charge is 0.337 e. The summed E-state index contributed by atoms with van der Waals surface area (Å²) in [6.07, 6.45) is 1.87. The van der Waals surface area contributed by atoms with Crippen LogP contribution in [0.5, 0.6) is 0 Å². The van der Waals surface area contributed by atoms with Crippen LogP contribution in [0, 0.1) is 18.3 Å². The van der Waals surface area contributed by atoms with E-state index in [4.69, 9.17) is 0 Å². The first kappa shape index (κ1) is 12.2. The topological polar surface area (TPSA) is 52.5 Å². The van der Waals surface area contributed by atoms with Crippen LogP contribution in [0.1, 0.15) is 17.0 Å². The number of para-hydroxylation sites is 2. The molecule has 1 heterocycles. The van der Waals surface area contributed by atoms with Gasteiger partial charge in [-0.15, -0.1) is 0 Å². The number of benzene rings is 2. The van der Waals surface area contributed by atoms with Crippen LogP contribution in [0.4, 0.5) is 0 Å². The lowest BCUT2D eigenvalue weighted by atomic mass is 10.1. The Morgan fingerprint density at radius 1 is 1.15 bits per heavy atom. The van der Waals surface area contributed by atoms with Gasteiger partial charge in [0.2, 0.25) is 0 Å². The van der Waals surface area contributed by atoms with Crippen molar-refractivity contribution in [2.45, 2.75) is 6.92 Å². The summed E-state index contributed by atoms with van der Waals surface area (Å²) in [7, 11) is 0. The number of imidazole rings is 1. The Balaban J connectivity index is 2.10. The molecule has 0 aliphatic carbocycles. The van der Waals surface area contributed by atoms with E-state index >= 15 is 0 Å². The van der Waals surface area contributed by atoms with Crippen molar-refractivity contribution in [3.63, 3.8) is 0 Å². The smallest absolute Gasteiger partial charge is 0.149 e. The molecule has 0 spiro atoms. The Morgan fingerprint density at radius 3 is 2.65 bits per heavy atom. The molecule has 3 nitrogen and oxygen atoms in total. The third-order valence-corrected chi connectivity index (χ3v) is 3.25. The monoisotopic (exact) mass is 259 g/mol. The minimum Gasteiger partial charge on any atom is -0.337 e. The van der Waals surface area contributed by atoms with Crippen molar-refractivity contribution in [2.24, 2.45) is 0 Å². The molecule has 96 valence electrons. The molecule has 0 saturated heterocycles. The second-order valence-electron chi connectivity index (χ2n) is 4.63. The van der Waals surface area contributed by atoms with Gasteiger partial charge in [0.25, 0.3) is 0 Å². The fourth-order valence-electron chi connectivity index (χ4n) is 2.14. The van der Waals surface area contributed by atoms with Gasteiger partial charge in [-0.3, -0.25) is 0 Å². The predicted octanol–water partition coefficient (Wildman–Crippen LogP) is 3.94. The molecule has 1 aromatic heterocycles. The summed E-state index contributed by atoms with van der Waals surface area (Å²) >= 11 is 0. The predicted molar refractivity (Wildman–Crippen MR) is 80.8 cm³/mol. The van der Waals surface area contributed by atoms with E-state index in [9.17, 15) is 5.26 Å². The van der Waals surface area contributed by atoms with Crippen molar-refractivity contribution < 1.29 is 0 Å². The van der Waals surface area contributed by atoms with Gasteiger partial charge in [0, 0.05) is 0 Å². The maximum atomic E-state index is 9.38. The molecule has 0 amide bonds. The SMILES string of the molecule is Cc1ccccc1/C=C(/C#N)c1nc2ccccc2[nH]1. The summed E-state index contributed by atoms with van der Waals surface area (Å²) in [6.45, 7) is 2.03. The molecule has 20 heavy (non-hydrogen) atoms. The molecule has 2 aromatic carbocycles. The first-order valence-electron chi connectivity index (χ1n) is 6.40. The lowest BCUT2D eigenvalue weighted by Crippen LogP contribution is -1.86. The lowest BCUT2D eigenvalue weighted by molar-refractivity contribution is 1.27. The summed E-state index contributed by atoms with van der Waals surface area (Å²) in [5, 5.41) is 9.38. The second-order valence-corrected chi connectivity index (χ2v) is 4.63. The van der Waals surface area contributed by atoms with E-state index in [1.54, 1.807) is 0 Å². The zero-order valence-corrected chi connectivity index (χ0v) is 11.1. The number of allylic oxidation sites excluding steroid dienone is 1. The van der Waals surface area contributed by atoms with E-state index in [2.05, 4.69) is 16.0 Å². The van der Waals surface area contributed by atoms with Crippen LogP contribution >= 0.6 is 0 Å². The third-order valence-electron chi connectivity index (χ3n) is 3.25. The standard InChI is InChI=1S/C17H13N3/c1-12-6-2-3-7-13(12)10-14(11-18)17-19-15-8-4-5-9-16(15)20-17/h2-10H,1H3,(H,19,20)/b14-10-. The molecule has 3 aromatic rings. The molecule has 0 aliphatic rings. The zero-order valence-electron chi connectivity index (χ0n) is 11.1. The van der Waals surface area contributed by atoms with Crippen LogP contribution in [0.25, 0.3) is 22.7 Å². The number of hydrogen-bond acceptors (Lipinski definition) is 2. The number of hydrogen-bond donors (Lipinski definition) is 1. The van der Waals surface area contributed by atoms with E-state index in [1.807, 2.05) is 61.5 Å². The minimum absolute atomic E-state index is 0.537. The van der Waals surface area contributed by atoms with Gasteiger partial charge >= 0.3 is 0 Å². The molecule has 3 heteroatoms. The third kappa shape index (κ3) is 2.19. The van der Waals surface area contributed by atoms with Crippen molar-refractivity contribution in [1.82, 2.24) is 9.97 Å². The molecule has 1 N–H and O–H groups in total. The van der Waals surface area contributed by atoms with Gasteiger partial charge in [0.15, 0.2) is 0 Å². The van der Waals surface area contributed by atoms with Crippen LogP contribution in [0.2, 0.25) is 0 Å². The average molecular weight is 259 g/mol. The van der Waals surface area contributed by atoms with Crippen molar-refractivity contribution in [3.05, 3.63) is 65.5 Å². The molecular formula is C17H13N3. The maximum absolute atomic E-state index is 9.38. The highest BCUT2D eigenvalue weighted by molar-refractivity contribution is 5.90. The van der Waals surface area contributed by atoms with E-state index in [0.717, 1.165) is 22.2 Å². The van der Waals surface area contributed by atoms with E-state index in [0.29, 0.717) is 11.4 Å². The second kappa shape index (κ2) is 5.02. The first-order chi connectivity index (χ1) is 9.78. The molecule has 3 rings (SSSR count). The molecule has 0 bridgehead atoms.